The van der Waals surface area contributed by atoms with E-state index in [0.29, 0.717) is 6.17 Å². The number of nitrogens with zero attached hydrogens (tertiary/aromatic N) is 4. The molecule has 0 spiro atoms. The second kappa shape index (κ2) is 5.48. The highest BCUT2D eigenvalue weighted by molar-refractivity contribution is 14.0. The van der Waals surface area contributed by atoms with Crippen LogP contribution < -0.4 is 9.80 Å². The van der Waals surface area contributed by atoms with Crippen LogP contribution in [-0.2, 0) is 0 Å². The molecule has 2 heterocycles. The Bertz CT molecular complexity index is 536. The lowest BCUT2D eigenvalue weighted by Crippen LogP contribution is -2.40. The van der Waals surface area contributed by atoms with Gasteiger partial charge in [0.1, 0.15) is 6.17 Å². The van der Waals surface area contributed by atoms with Crippen LogP contribution >= 0.6 is 24.0 Å². The summed E-state index contributed by atoms with van der Waals surface area (Å²) in [7, 11) is 0. The summed E-state index contributed by atoms with van der Waals surface area (Å²) < 4.78 is 0. The van der Waals surface area contributed by atoms with E-state index in [4.69, 9.17) is 9.97 Å². The van der Waals surface area contributed by atoms with E-state index in [1.54, 1.807) is 0 Å². The van der Waals surface area contributed by atoms with Crippen molar-refractivity contribution in [1.82, 2.24) is 9.97 Å². The normalized spacial score (nSPS) is 14.7. The highest BCUT2D eigenvalue weighted by Crippen LogP contribution is 2.36. The molecule has 0 unspecified atom stereocenters. The fourth-order valence-electron chi connectivity index (χ4n) is 2.72. The van der Waals surface area contributed by atoms with Crippen molar-refractivity contribution < 1.29 is 0 Å². The van der Waals surface area contributed by atoms with Gasteiger partial charge in [0.2, 0.25) is 0 Å². The third-order valence-electron chi connectivity index (χ3n) is 3.66. The van der Waals surface area contributed by atoms with Crippen LogP contribution in [0.4, 0.5) is 11.6 Å². The Labute approximate surface area is 130 Å². The van der Waals surface area contributed by atoms with Crippen molar-refractivity contribution in [3.05, 3.63) is 24.3 Å². The summed E-state index contributed by atoms with van der Waals surface area (Å²) in [4.78, 5) is 14.2. The summed E-state index contributed by atoms with van der Waals surface area (Å²) in [5.41, 5.74) is 1.94. The van der Waals surface area contributed by atoms with Gasteiger partial charge in [-0.1, -0.05) is 12.1 Å². The molecule has 2 aromatic rings. The van der Waals surface area contributed by atoms with E-state index in [9.17, 15) is 0 Å². The summed E-state index contributed by atoms with van der Waals surface area (Å²) in [5.74, 6) is 2.04. The van der Waals surface area contributed by atoms with E-state index >= 15 is 0 Å². The zero-order valence-corrected chi connectivity index (χ0v) is 13.8. The van der Waals surface area contributed by atoms with Crippen molar-refractivity contribution in [2.75, 3.05) is 22.9 Å². The number of rotatable bonds is 2. The predicted octanol–water partition coefficient (Wildman–Crippen LogP) is 3.26. The highest BCUT2D eigenvalue weighted by atomic mass is 127. The average Bonchev–Trinajstić information content (AvgIpc) is 2.66. The van der Waals surface area contributed by atoms with E-state index < -0.39 is 0 Å². The Morgan fingerprint density at radius 2 is 1.37 bits per heavy atom. The zero-order valence-electron chi connectivity index (χ0n) is 11.5. The first-order valence-corrected chi connectivity index (χ1v) is 6.56. The van der Waals surface area contributed by atoms with Crippen LogP contribution in [0.1, 0.15) is 20.8 Å². The number of para-hydroxylation sites is 2. The van der Waals surface area contributed by atoms with Crippen molar-refractivity contribution in [1.29, 1.82) is 0 Å². The molecule has 0 radical (unpaired) electrons. The van der Waals surface area contributed by atoms with Gasteiger partial charge in [0, 0.05) is 13.1 Å². The van der Waals surface area contributed by atoms with Gasteiger partial charge < -0.3 is 9.80 Å². The number of fused-ring (bicyclic) bond motifs is 2. The summed E-state index contributed by atoms with van der Waals surface area (Å²) in [6, 6.07) is 8.07. The second-order valence-electron chi connectivity index (χ2n) is 4.56. The lowest BCUT2D eigenvalue weighted by molar-refractivity contribution is 0.638. The molecule has 0 bridgehead atoms. The molecule has 0 atom stereocenters. The minimum Gasteiger partial charge on any atom is -0.334 e. The number of hydrogen-bond donors (Lipinski definition) is 0. The largest absolute Gasteiger partial charge is 0.334 e. The Morgan fingerprint density at radius 3 is 1.74 bits per heavy atom. The molecular weight excluding hydrogens is 351 g/mol. The van der Waals surface area contributed by atoms with Crippen LogP contribution in [0.25, 0.3) is 11.0 Å². The maximum Gasteiger partial charge on any atom is 0.174 e. The molecule has 102 valence electrons. The highest BCUT2D eigenvalue weighted by Gasteiger charge is 2.33. The molecule has 0 aliphatic carbocycles. The van der Waals surface area contributed by atoms with Crippen LogP contribution in [0.5, 0.6) is 0 Å². The predicted molar refractivity (Wildman–Crippen MR) is 90.5 cm³/mol. The summed E-state index contributed by atoms with van der Waals surface area (Å²) >= 11 is 0. The third kappa shape index (κ3) is 2.13. The molecule has 0 saturated carbocycles. The van der Waals surface area contributed by atoms with E-state index in [2.05, 4.69) is 30.6 Å². The average molecular weight is 370 g/mol. The Balaban J connectivity index is 0.00000133. The van der Waals surface area contributed by atoms with Crippen molar-refractivity contribution in [2.45, 2.75) is 26.9 Å². The van der Waals surface area contributed by atoms with Gasteiger partial charge >= 0.3 is 0 Å². The molecule has 1 aliphatic rings. The summed E-state index contributed by atoms with van der Waals surface area (Å²) in [5, 5.41) is 0. The van der Waals surface area contributed by atoms with Crippen LogP contribution in [0, 0.1) is 0 Å². The fraction of sp³-hybridized carbons (Fsp3) is 0.429. The van der Waals surface area contributed by atoms with E-state index in [0.717, 1.165) is 35.8 Å². The molecule has 0 saturated heterocycles. The minimum absolute atomic E-state index is 0. The van der Waals surface area contributed by atoms with Crippen LogP contribution in [-0.4, -0.2) is 29.2 Å². The van der Waals surface area contributed by atoms with Gasteiger partial charge in [-0.25, -0.2) is 9.97 Å². The van der Waals surface area contributed by atoms with Gasteiger partial charge in [-0.05, 0) is 32.9 Å². The van der Waals surface area contributed by atoms with Gasteiger partial charge in [-0.2, -0.15) is 0 Å². The topological polar surface area (TPSA) is 32.3 Å². The zero-order chi connectivity index (χ0) is 12.7. The lowest BCUT2D eigenvalue weighted by atomic mass is 10.3. The van der Waals surface area contributed by atoms with Crippen molar-refractivity contribution in [2.24, 2.45) is 0 Å². The second-order valence-corrected chi connectivity index (χ2v) is 4.56. The number of anilines is 2. The van der Waals surface area contributed by atoms with Crippen LogP contribution in [0.3, 0.4) is 0 Å². The van der Waals surface area contributed by atoms with E-state index in [-0.39, 0.29) is 24.0 Å². The van der Waals surface area contributed by atoms with E-state index in [1.165, 1.54) is 0 Å². The van der Waals surface area contributed by atoms with Crippen molar-refractivity contribution in [3.63, 3.8) is 0 Å². The molecule has 3 rings (SSSR count). The molecular formula is C14H19IN4. The maximum atomic E-state index is 4.78. The van der Waals surface area contributed by atoms with Gasteiger partial charge in [0.05, 0.1) is 11.0 Å². The number of benzene rings is 1. The minimum atomic E-state index is 0. The molecule has 19 heavy (non-hydrogen) atoms. The Hall–Kier alpha value is -1.11. The van der Waals surface area contributed by atoms with Gasteiger partial charge in [0.15, 0.2) is 11.6 Å². The fourth-order valence-corrected chi connectivity index (χ4v) is 2.72. The third-order valence-corrected chi connectivity index (χ3v) is 3.66. The first-order chi connectivity index (χ1) is 8.76. The van der Waals surface area contributed by atoms with E-state index in [1.807, 2.05) is 24.3 Å². The molecule has 1 aromatic heterocycles. The van der Waals surface area contributed by atoms with Gasteiger partial charge in [-0.15, -0.1) is 24.0 Å². The van der Waals surface area contributed by atoms with Crippen molar-refractivity contribution >= 4 is 46.6 Å². The standard InChI is InChI=1S/C14H18N4.HI/c1-4-17-10(3)18(5-2)14-13(17)15-11-8-6-7-9-12(11)16-14;/h6-10H,4-5H2,1-3H3;1H. The molecule has 0 N–H and O–H groups in total. The smallest absolute Gasteiger partial charge is 0.174 e. The van der Waals surface area contributed by atoms with Crippen LogP contribution in [0.15, 0.2) is 24.3 Å². The molecule has 5 heteroatoms. The quantitative estimate of drug-likeness (QED) is 0.760. The first kappa shape index (κ1) is 14.3. The molecule has 4 nitrogen and oxygen atoms in total. The van der Waals surface area contributed by atoms with Gasteiger partial charge in [0.25, 0.3) is 0 Å². The van der Waals surface area contributed by atoms with Gasteiger partial charge in [-0.3, -0.25) is 0 Å². The maximum absolute atomic E-state index is 4.78. The summed E-state index contributed by atoms with van der Waals surface area (Å²) in [6.45, 7) is 8.45. The number of halogens is 1. The molecule has 1 aliphatic heterocycles. The SMILES string of the molecule is CCN1c2nc3ccccc3nc2N(CC)C1C.I. The molecule has 0 amide bonds. The number of hydrogen-bond acceptors (Lipinski definition) is 4. The Morgan fingerprint density at radius 1 is 0.947 bits per heavy atom. The lowest BCUT2D eigenvalue weighted by Gasteiger charge is -2.26. The summed E-state index contributed by atoms with van der Waals surface area (Å²) in [6.07, 6.45) is 0.340. The molecule has 1 aromatic carbocycles. The first-order valence-electron chi connectivity index (χ1n) is 6.56. The monoisotopic (exact) mass is 370 g/mol. The molecule has 0 fully saturated rings. The van der Waals surface area contributed by atoms with Crippen LogP contribution in [0.2, 0.25) is 0 Å². The number of aromatic nitrogens is 2. The Kier molecular flexibility index (Phi) is 4.13. The van der Waals surface area contributed by atoms with Crippen molar-refractivity contribution in [3.8, 4) is 0 Å².